The molecule has 0 bridgehead atoms. The minimum Gasteiger partial charge on any atom is -0.492 e. The van der Waals surface area contributed by atoms with E-state index < -0.39 is 0 Å². The van der Waals surface area contributed by atoms with Crippen LogP contribution >= 0.6 is 0 Å². The van der Waals surface area contributed by atoms with Crippen LogP contribution in [0.1, 0.15) is 5.82 Å². The number of amides is 1. The maximum Gasteiger partial charge on any atom is 0.262 e. The van der Waals surface area contributed by atoms with E-state index in [2.05, 4.69) is 37.2 Å². The molecule has 5 rings (SSSR count). The second-order valence-corrected chi connectivity index (χ2v) is 7.80. The number of nitrogens with one attached hydrogen (secondary N) is 1. The Morgan fingerprint density at radius 1 is 1.16 bits per heavy atom. The Labute approximate surface area is 180 Å². The molecule has 1 amide bonds. The average Bonchev–Trinajstić information content (AvgIpc) is 2.79. The number of aryl methyl sites for hydroxylation is 1. The zero-order valence-electron chi connectivity index (χ0n) is 17.5. The molecular weight excluding hydrogens is 394 g/mol. The van der Waals surface area contributed by atoms with Crippen LogP contribution in [0.5, 0.6) is 11.5 Å². The predicted octanol–water partition coefficient (Wildman–Crippen LogP) is 2.47. The molecule has 3 aromatic rings. The molecule has 31 heavy (non-hydrogen) atoms. The van der Waals surface area contributed by atoms with Crippen LogP contribution < -0.4 is 19.7 Å². The summed E-state index contributed by atoms with van der Waals surface area (Å²) in [6.45, 7) is 7.28. The highest BCUT2D eigenvalue weighted by molar-refractivity contribution is 5.95. The summed E-state index contributed by atoms with van der Waals surface area (Å²) in [5, 5.41) is 3.91. The van der Waals surface area contributed by atoms with Crippen molar-refractivity contribution in [2.45, 2.75) is 6.92 Å². The van der Waals surface area contributed by atoms with Gasteiger partial charge in [0.2, 0.25) is 0 Å². The van der Waals surface area contributed by atoms with E-state index in [1.54, 1.807) is 0 Å². The molecule has 2 aliphatic heterocycles. The lowest BCUT2D eigenvalue weighted by atomic mass is 10.1. The van der Waals surface area contributed by atoms with Crippen LogP contribution in [0.4, 0.5) is 11.4 Å². The number of carbonyl (C=O) groups is 1. The number of benzene rings is 2. The molecule has 3 heterocycles. The van der Waals surface area contributed by atoms with Gasteiger partial charge in [-0.05, 0) is 31.2 Å². The first kappa shape index (κ1) is 19.6. The van der Waals surface area contributed by atoms with E-state index in [1.165, 1.54) is 5.69 Å². The smallest absolute Gasteiger partial charge is 0.262 e. The van der Waals surface area contributed by atoms with Crippen LogP contribution in [0.25, 0.3) is 10.9 Å². The highest BCUT2D eigenvalue weighted by Crippen LogP contribution is 2.31. The summed E-state index contributed by atoms with van der Waals surface area (Å²) in [5.74, 6) is 2.06. The van der Waals surface area contributed by atoms with Gasteiger partial charge in [-0.15, -0.1) is 0 Å². The Morgan fingerprint density at radius 3 is 2.90 bits per heavy atom. The van der Waals surface area contributed by atoms with Gasteiger partial charge in [-0.25, -0.2) is 9.97 Å². The number of hydrogen-bond acceptors (Lipinski definition) is 7. The van der Waals surface area contributed by atoms with E-state index in [-0.39, 0.29) is 12.5 Å². The fraction of sp³-hybridized carbons (Fsp3) is 0.348. The second-order valence-electron chi connectivity index (χ2n) is 7.80. The van der Waals surface area contributed by atoms with Crippen LogP contribution in [0.15, 0.2) is 42.6 Å². The first-order valence-corrected chi connectivity index (χ1v) is 10.5. The largest absolute Gasteiger partial charge is 0.492 e. The van der Waals surface area contributed by atoms with Gasteiger partial charge in [-0.1, -0.05) is 6.07 Å². The molecule has 8 nitrogen and oxygen atoms in total. The quantitative estimate of drug-likeness (QED) is 0.681. The Hall–Kier alpha value is -3.39. The van der Waals surface area contributed by atoms with Crippen LogP contribution in [0.2, 0.25) is 0 Å². The predicted molar refractivity (Wildman–Crippen MR) is 119 cm³/mol. The van der Waals surface area contributed by atoms with Gasteiger partial charge in [-0.3, -0.25) is 9.69 Å². The van der Waals surface area contributed by atoms with Crippen LogP contribution in [-0.2, 0) is 4.79 Å². The maximum atomic E-state index is 11.5. The first-order chi connectivity index (χ1) is 15.2. The number of piperazine rings is 1. The van der Waals surface area contributed by atoms with E-state index in [9.17, 15) is 4.79 Å². The molecule has 1 N–H and O–H groups in total. The van der Waals surface area contributed by atoms with E-state index in [0.717, 1.165) is 55.2 Å². The molecule has 0 saturated carbocycles. The number of nitrogens with zero attached hydrogens (tertiary/aromatic N) is 4. The van der Waals surface area contributed by atoms with Crippen molar-refractivity contribution < 1.29 is 14.3 Å². The van der Waals surface area contributed by atoms with Crippen LogP contribution in [-0.4, -0.2) is 66.7 Å². The third kappa shape index (κ3) is 4.25. The van der Waals surface area contributed by atoms with Crippen molar-refractivity contribution in [2.75, 3.05) is 56.2 Å². The van der Waals surface area contributed by atoms with Crippen molar-refractivity contribution >= 4 is 28.2 Å². The molecule has 1 aromatic heterocycles. The lowest BCUT2D eigenvalue weighted by Crippen LogP contribution is -2.47. The second kappa shape index (κ2) is 8.39. The van der Waals surface area contributed by atoms with Crippen molar-refractivity contribution in [1.29, 1.82) is 0 Å². The Balaban J connectivity index is 1.14. The fourth-order valence-corrected chi connectivity index (χ4v) is 4.06. The minimum atomic E-state index is -0.143. The van der Waals surface area contributed by atoms with Gasteiger partial charge in [0.1, 0.15) is 23.9 Å². The highest BCUT2D eigenvalue weighted by atomic mass is 16.5. The average molecular weight is 419 g/mol. The minimum absolute atomic E-state index is 0.0601. The van der Waals surface area contributed by atoms with Gasteiger partial charge in [0.05, 0.1) is 11.2 Å². The first-order valence-electron chi connectivity index (χ1n) is 10.5. The van der Waals surface area contributed by atoms with E-state index >= 15 is 0 Å². The molecule has 160 valence electrons. The van der Waals surface area contributed by atoms with Crippen LogP contribution in [0, 0.1) is 6.92 Å². The molecule has 0 aliphatic carbocycles. The Morgan fingerprint density at radius 2 is 2.03 bits per heavy atom. The van der Waals surface area contributed by atoms with Gasteiger partial charge in [0.25, 0.3) is 5.91 Å². The van der Waals surface area contributed by atoms with E-state index in [0.29, 0.717) is 18.0 Å². The van der Waals surface area contributed by atoms with Crippen LogP contribution in [0.3, 0.4) is 0 Å². The molecule has 0 atom stereocenters. The van der Waals surface area contributed by atoms with Gasteiger partial charge in [0, 0.05) is 56.1 Å². The SMILES string of the molecule is Cc1ncc2c(N3CCN(CCOc4ccc5c(c4)NC(=O)CO5)CC3)cccc2n1. The third-order valence-corrected chi connectivity index (χ3v) is 5.70. The third-order valence-electron chi connectivity index (χ3n) is 5.70. The Bertz CT molecular complexity index is 1110. The number of ether oxygens (including phenoxy) is 2. The molecule has 8 heteroatoms. The lowest BCUT2D eigenvalue weighted by molar-refractivity contribution is -0.118. The fourth-order valence-electron chi connectivity index (χ4n) is 4.06. The zero-order chi connectivity index (χ0) is 21.2. The van der Waals surface area contributed by atoms with E-state index in [4.69, 9.17) is 9.47 Å². The van der Waals surface area contributed by atoms with E-state index in [1.807, 2.05) is 37.4 Å². The molecular formula is C23H25N5O3. The summed E-state index contributed by atoms with van der Waals surface area (Å²) in [6.07, 6.45) is 1.93. The van der Waals surface area contributed by atoms with Gasteiger partial charge in [-0.2, -0.15) is 0 Å². The van der Waals surface area contributed by atoms with Gasteiger partial charge < -0.3 is 19.7 Å². The Kier molecular flexibility index (Phi) is 5.30. The van der Waals surface area contributed by atoms with Crippen molar-refractivity contribution in [3.05, 3.63) is 48.4 Å². The summed E-state index contributed by atoms with van der Waals surface area (Å²) < 4.78 is 11.3. The zero-order valence-corrected chi connectivity index (χ0v) is 17.5. The number of carbonyl (C=O) groups excluding carboxylic acids is 1. The lowest BCUT2D eigenvalue weighted by Gasteiger charge is -2.36. The monoisotopic (exact) mass is 419 g/mol. The van der Waals surface area contributed by atoms with Crippen molar-refractivity contribution in [2.24, 2.45) is 0 Å². The van der Waals surface area contributed by atoms with Gasteiger partial charge >= 0.3 is 0 Å². The molecule has 2 aromatic carbocycles. The molecule has 1 saturated heterocycles. The number of rotatable bonds is 5. The normalized spacial score (nSPS) is 16.5. The summed E-state index contributed by atoms with van der Waals surface area (Å²) in [4.78, 5) is 25.2. The maximum absolute atomic E-state index is 11.5. The molecule has 0 spiro atoms. The van der Waals surface area contributed by atoms with Crippen molar-refractivity contribution in [3.63, 3.8) is 0 Å². The molecule has 0 unspecified atom stereocenters. The van der Waals surface area contributed by atoms with Gasteiger partial charge in [0.15, 0.2) is 6.61 Å². The standard InChI is InChI=1S/C23H25N5O3/c1-16-24-14-18-19(25-16)3-2-4-21(18)28-9-7-27(8-10-28)11-12-30-17-5-6-22-20(13-17)26-23(29)15-31-22/h2-6,13-14H,7-12,15H2,1H3,(H,26,29). The summed E-state index contributed by atoms with van der Waals surface area (Å²) in [6, 6.07) is 11.8. The topological polar surface area (TPSA) is 79.8 Å². The summed E-state index contributed by atoms with van der Waals surface area (Å²) >= 11 is 0. The summed E-state index contributed by atoms with van der Waals surface area (Å²) in [5.41, 5.74) is 2.86. The highest BCUT2D eigenvalue weighted by Gasteiger charge is 2.20. The summed E-state index contributed by atoms with van der Waals surface area (Å²) in [7, 11) is 0. The molecule has 0 radical (unpaired) electrons. The van der Waals surface area contributed by atoms with Crippen molar-refractivity contribution in [1.82, 2.24) is 14.9 Å². The number of hydrogen-bond donors (Lipinski definition) is 1. The van der Waals surface area contributed by atoms with Crippen molar-refractivity contribution in [3.8, 4) is 11.5 Å². The molecule has 1 fully saturated rings. The number of anilines is 2. The molecule has 2 aliphatic rings. The number of aromatic nitrogens is 2. The number of fused-ring (bicyclic) bond motifs is 2.